The van der Waals surface area contributed by atoms with Gasteiger partial charge in [0.05, 0.1) is 18.7 Å². The molecule has 0 aliphatic carbocycles. The molecule has 1 aromatic carbocycles. The molecule has 28 heavy (non-hydrogen) atoms. The molecule has 5 heteroatoms. The van der Waals surface area contributed by atoms with Gasteiger partial charge in [-0.3, -0.25) is 9.78 Å². The van der Waals surface area contributed by atoms with Crippen LogP contribution >= 0.6 is 0 Å². The van der Waals surface area contributed by atoms with Crippen LogP contribution in [0.2, 0.25) is 0 Å². The van der Waals surface area contributed by atoms with E-state index in [1.165, 1.54) is 5.56 Å². The molecule has 1 aromatic heterocycles. The van der Waals surface area contributed by atoms with Gasteiger partial charge in [0.1, 0.15) is 5.75 Å². The summed E-state index contributed by atoms with van der Waals surface area (Å²) >= 11 is 0. The minimum absolute atomic E-state index is 0.0317. The summed E-state index contributed by atoms with van der Waals surface area (Å²) < 4.78 is 5.99. The number of pyridine rings is 1. The van der Waals surface area contributed by atoms with E-state index < -0.39 is 0 Å². The Labute approximate surface area is 168 Å². The first-order valence-electron chi connectivity index (χ1n) is 10.0. The van der Waals surface area contributed by atoms with Gasteiger partial charge in [0.15, 0.2) is 0 Å². The lowest BCUT2D eigenvalue weighted by Crippen LogP contribution is -2.48. The first-order valence-corrected chi connectivity index (χ1v) is 10.0. The second-order valence-corrected chi connectivity index (χ2v) is 7.97. The molecule has 2 atom stereocenters. The zero-order valence-corrected chi connectivity index (χ0v) is 17.2. The molecule has 0 saturated carbocycles. The molecule has 3 rings (SSSR count). The van der Waals surface area contributed by atoms with Gasteiger partial charge in [-0.05, 0) is 37.5 Å². The number of hydrogen-bond donors (Lipinski definition) is 0. The third-order valence-corrected chi connectivity index (χ3v) is 5.33. The third-order valence-electron chi connectivity index (χ3n) is 5.33. The maximum absolute atomic E-state index is 12.6. The molecule has 0 N–H and O–H groups in total. The van der Waals surface area contributed by atoms with Gasteiger partial charge >= 0.3 is 0 Å². The van der Waals surface area contributed by atoms with E-state index in [0.29, 0.717) is 12.5 Å². The average Bonchev–Trinajstić information content (AvgIpc) is 2.72. The summed E-state index contributed by atoms with van der Waals surface area (Å²) in [4.78, 5) is 21.1. The van der Waals surface area contributed by atoms with Gasteiger partial charge < -0.3 is 14.5 Å². The van der Waals surface area contributed by atoms with Gasteiger partial charge in [0.25, 0.3) is 0 Å². The molecule has 1 amide bonds. The topological polar surface area (TPSA) is 45.7 Å². The van der Waals surface area contributed by atoms with E-state index in [2.05, 4.69) is 34.1 Å². The minimum atomic E-state index is 0.0317. The molecule has 0 spiro atoms. The van der Waals surface area contributed by atoms with Crippen LogP contribution in [0.1, 0.15) is 17.7 Å². The van der Waals surface area contributed by atoms with Crippen molar-refractivity contribution in [2.75, 3.05) is 40.3 Å². The van der Waals surface area contributed by atoms with Gasteiger partial charge in [0, 0.05) is 45.3 Å². The fourth-order valence-corrected chi connectivity index (χ4v) is 3.84. The second kappa shape index (κ2) is 9.69. The Hall–Kier alpha value is -2.40. The van der Waals surface area contributed by atoms with Gasteiger partial charge in [-0.2, -0.15) is 0 Å². The fourth-order valence-electron chi connectivity index (χ4n) is 3.84. The van der Waals surface area contributed by atoms with Crippen LogP contribution in [0.25, 0.3) is 0 Å². The first-order chi connectivity index (χ1) is 13.5. The van der Waals surface area contributed by atoms with E-state index in [9.17, 15) is 4.79 Å². The van der Waals surface area contributed by atoms with E-state index in [4.69, 9.17) is 4.74 Å². The quantitative estimate of drug-likeness (QED) is 0.740. The number of amides is 1. The SMILES string of the molecule is Cc1ccc(OC[C@H]2C[C@@H](C(=O)N(C)C)CN(CCc3ccccc3)C2)cn1. The lowest BCUT2D eigenvalue weighted by molar-refractivity contribution is -0.135. The number of likely N-dealkylation sites (tertiary alicyclic amines) is 1. The molecule has 0 bridgehead atoms. The molecule has 150 valence electrons. The van der Waals surface area contributed by atoms with Crippen molar-refractivity contribution in [3.8, 4) is 5.75 Å². The molecule has 2 aromatic rings. The molecular formula is C23H31N3O2. The maximum Gasteiger partial charge on any atom is 0.226 e. The predicted octanol–water partition coefficient (Wildman–Crippen LogP) is 3.04. The number of hydrogen-bond acceptors (Lipinski definition) is 4. The van der Waals surface area contributed by atoms with Crippen molar-refractivity contribution < 1.29 is 9.53 Å². The van der Waals surface area contributed by atoms with Crippen LogP contribution in [0.5, 0.6) is 5.75 Å². The number of carbonyl (C=O) groups is 1. The number of ether oxygens (including phenoxy) is 1. The monoisotopic (exact) mass is 381 g/mol. The van der Waals surface area contributed by atoms with E-state index in [0.717, 1.165) is 43.9 Å². The number of carbonyl (C=O) groups excluding carboxylic acids is 1. The summed E-state index contributed by atoms with van der Waals surface area (Å²) in [5, 5.41) is 0. The van der Waals surface area contributed by atoms with Crippen LogP contribution in [0.4, 0.5) is 0 Å². The molecule has 0 unspecified atom stereocenters. The van der Waals surface area contributed by atoms with E-state index in [1.807, 2.05) is 39.2 Å². The Morgan fingerprint density at radius 1 is 1.18 bits per heavy atom. The van der Waals surface area contributed by atoms with Crippen LogP contribution in [-0.4, -0.2) is 61.0 Å². The van der Waals surface area contributed by atoms with Gasteiger partial charge in [0.2, 0.25) is 5.91 Å². The fraction of sp³-hybridized carbons (Fsp3) is 0.478. The molecule has 1 aliphatic heterocycles. The Balaban J connectivity index is 1.61. The predicted molar refractivity (Wildman–Crippen MR) is 111 cm³/mol. The summed E-state index contributed by atoms with van der Waals surface area (Å²) in [6.45, 7) is 5.33. The highest BCUT2D eigenvalue weighted by Gasteiger charge is 2.32. The van der Waals surface area contributed by atoms with Crippen LogP contribution in [0, 0.1) is 18.8 Å². The Morgan fingerprint density at radius 2 is 1.96 bits per heavy atom. The van der Waals surface area contributed by atoms with Crippen molar-refractivity contribution in [2.24, 2.45) is 11.8 Å². The highest BCUT2D eigenvalue weighted by atomic mass is 16.5. The average molecular weight is 382 g/mol. The number of piperidine rings is 1. The zero-order chi connectivity index (χ0) is 19.9. The highest BCUT2D eigenvalue weighted by molar-refractivity contribution is 5.78. The lowest BCUT2D eigenvalue weighted by Gasteiger charge is -2.38. The smallest absolute Gasteiger partial charge is 0.226 e. The summed E-state index contributed by atoms with van der Waals surface area (Å²) in [7, 11) is 3.68. The summed E-state index contributed by atoms with van der Waals surface area (Å²) in [5.74, 6) is 1.37. The summed E-state index contributed by atoms with van der Waals surface area (Å²) in [6.07, 6.45) is 3.64. The minimum Gasteiger partial charge on any atom is -0.492 e. The van der Waals surface area contributed by atoms with Crippen molar-refractivity contribution >= 4 is 5.91 Å². The van der Waals surface area contributed by atoms with Crippen LogP contribution in [0.15, 0.2) is 48.7 Å². The van der Waals surface area contributed by atoms with Crippen LogP contribution in [-0.2, 0) is 11.2 Å². The zero-order valence-electron chi connectivity index (χ0n) is 17.2. The normalized spacial score (nSPS) is 20.0. The van der Waals surface area contributed by atoms with Crippen molar-refractivity contribution in [1.82, 2.24) is 14.8 Å². The number of aryl methyl sites for hydroxylation is 1. The number of rotatable bonds is 7. The molecule has 5 nitrogen and oxygen atoms in total. The molecular weight excluding hydrogens is 350 g/mol. The number of benzene rings is 1. The largest absolute Gasteiger partial charge is 0.492 e. The van der Waals surface area contributed by atoms with Crippen LogP contribution < -0.4 is 4.74 Å². The summed E-state index contributed by atoms with van der Waals surface area (Å²) in [6, 6.07) is 14.5. The first kappa shape index (κ1) is 20.3. The van der Waals surface area contributed by atoms with Gasteiger partial charge in [-0.15, -0.1) is 0 Å². The highest BCUT2D eigenvalue weighted by Crippen LogP contribution is 2.25. The van der Waals surface area contributed by atoms with Crippen molar-refractivity contribution in [3.63, 3.8) is 0 Å². The number of nitrogens with zero attached hydrogens (tertiary/aromatic N) is 3. The molecule has 1 fully saturated rings. The maximum atomic E-state index is 12.6. The lowest BCUT2D eigenvalue weighted by atomic mass is 9.88. The van der Waals surface area contributed by atoms with Crippen LogP contribution in [0.3, 0.4) is 0 Å². The van der Waals surface area contributed by atoms with Crippen molar-refractivity contribution in [2.45, 2.75) is 19.8 Å². The van der Waals surface area contributed by atoms with E-state index in [1.54, 1.807) is 11.1 Å². The van der Waals surface area contributed by atoms with E-state index in [-0.39, 0.29) is 11.8 Å². The van der Waals surface area contributed by atoms with Gasteiger partial charge in [-0.25, -0.2) is 0 Å². The second-order valence-electron chi connectivity index (χ2n) is 7.97. The van der Waals surface area contributed by atoms with Gasteiger partial charge in [-0.1, -0.05) is 30.3 Å². The third kappa shape index (κ3) is 5.80. The molecule has 1 saturated heterocycles. The summed E-state index contributed by atoms with van der Waals surface area (Å²) in [5.41, 5.74) is 2.32. The van der Waals surface area contributed by atoms with E-state index >= 15 is 0 Å². The Kier molecular flexibility index (Phi) is 7.04. The Bertz CT molecular complexity index is 746. The van der Waals surface area contributed by atoms with Crippen molar-refractivity contribution in [3.05, 3.63) is 59.9 Å². The Morgan fingerprint density at radius 3 is 2.64 bits per heavy atom. The number of aromatic nitrogens is 1. The van der Waals surface area contributed by atoms with Crippen molar-refractivity contribution in [1.29, 1.82) is 0 Å². The molecule has 1 aliphatic rings. The molecule has 2 heterocycles. The molecule has 0 radical (unpaired) electrons. The standard InChI is InChI=1S/C23H31N3O2/c1-18-9-10-22(14-24-18)28-17-20-13-21(23(27)25(2)3)16-26(15-20)12-11-19-7-5-4-6-8-19/h4-10,14,20-21H,11-13,15-17H2,1-3H3/t20-,21+/m0/s1.